The van der Waals surface area contributed by atoms with Gasteiger partial charge in [-0.05, 0) is 51.4 Å². The van der Waals surface area contributed by atoms with E-state index in [9.17, 15) is 13.2 Å². The van der Waals surface area contributed by atoms with Gasteiger partial charge >= 0.3 is 25.0 Å². The predicted octanol–water partition coefficient (Wildman–Crippen LogP) is 5.39. The molecule has 0 amide bonds. The molecule has 2 aliphatic rings. The number of rotatable bonds is 0. The van der Waals surface area contributed by atoms with Crippen molar-refractivity contribution in [1.29, 1.82) is 0 Å². The minimum atomic E-state index is -6.09. The van der Waals surface area contributed by atoms with Gasteiger partial charge < -0.3 is 4.55 Å². The summed E-state index contributed by atoms with van der Waals surface area (Å²) in [4.78, 5) is 0. The van der Waals surface area contributed by atoms with Crippen LogP contribution >= 0.6 is 0 Å². The molecule has 0 atom stereocenters. The average molecular weight is 468 g/mol. The molecule has 0 aromatic rings. The van der Waals surface area contributed by atoms with Gasteiger partial charge in [0.2, 0.25) is 0 Å². The van der Waals surface area contributed by atoms with Crippen LogP contribution in [0.1, 0.15) is 51.4 Å². The molecule has 2 rings (SSSR count). The van der Waals surface area contributed by atoms with Gasteiger partial charge in [-0.2, -0.15) is 13.2 Å². The van der Waals surface area contributed by atoms with Crippen LogP contribution in [0.2, 0.25) is 0 Å². The molecule has 0 radical (unpaired) electrons. The summed E-state index contributed by atoms with van der Waals surface area (Å²) in [6.07, 6.45) is 28.0. The van der Waals surface area contributed by atoms with E-state index < -0.39 is 15.6 Å². The number of alkyl halides is 3. The molecule has 0 aromatic carbocycles. The molecule has 146 valence electrons. The second kappa shape index (κ2) is 15.5. The summed E-state index contributed by atoms with van der Waals surface area (Å²) in [5.41, 5.74) is -5.65. The summed E-state index contributed by atoms with van der Waals surface area (Å²) in [5, 5.41) is 0. The minimum absolute atomic E-state index is 0. The maximum atomic E-state index is 10.7. The molecule has 0 heterocycles. The van der Waals surface area contributed by atoms with E-state index in [2.05, 4.69) is 48.6 Å². The third-order valence-corrected chi connectivity index (χ3v) is 3.52. The number of hydrogen-bond acceptors (Lipinski definition) is 3. The molecule has 0 unspecified atom stereocenters. The van der Waals surface area contributed by atoms with Crippen LogP contribution in [0.4, 0.5) is 13.2 Å². The van der Waals surface area contributed by atoms with Crippen LogP contribution in [0, 0.1) is 0 Å². The zero-order valence-corrected chi connectivity index (χ0v) is 16.3. The average Bonchev–Trinajstić information content (AvgIpc) is 2.35. The summed E-state index contributed by atoms with van der Waals surface area (Å²) in [5.74, 6) is 0. The topological polar surface area (TPSA) is 57.2 Å². The Morgan fingerprint density at radius 2 is 0.720 bits per heavy atom. The maximum absolute atomic E-state index is 10.7. The van der Waals surface area contributed by atoms with Crippen molar-refractivity contribution >= 4 is 10.1 Å². The summed E-state index contributed by atoms with van der Waals surface area (Å²) in [6.45, 7) is 0. The molecule has 0 saturated carbocycles. The second-order valence-electron chi connectivity index (χ2n) is 5.09. The Morgan fingerprint density at radius 1 is 0.600 bits per heavy atom. The van der Waals surface area contributed by atoms with Gasteiger partial charge in [-0.15, -0.1) is 0 Å². The Kier molecular flexibility index (Phi) is 16.5. The monoisotopic (exact) mass is 468 g/mol. The number of hydrogen-bond donors (Lipinski definition) is 0. The quantitative estimate of drug-likeness (QED) is 0.207. The summed E-state index contributed by atoms with van der Waals surface area (Å²) >= 11 is 0. The normalized spacial score (nSPS) is 22.4. The van der Waals surface area contributed by atoms with Crippen LogP contribution in [0.5, 0.6) is 0 Å². The van der Waals surface area contributed by atoms with Crippen LogP contribution in [-0.4, -0.2) is 18.5 Å². The molecular formula is C17H24F3O3RhS. The van der Waals surface area contributed by atoms with Crippen molar-refractivity contribution in [1.82, 2.24) is 0 Å². The standard InChI is InChI=1S/2C8H12.CHF3O3S.Rh/c2*1-2-4-6-8-7-5-3-1;2-1(3,4)8(5,6)7;/h2*1-2,7-8H,3-6H2;(H,5,6,7);/q;;;+1/p-1/b2*2-1-,8-7-;;. The van der Waals surface area contributed by atoms with E-state index >= 15 is 0 Å². The van der Waals surface area contributed by atoms with Crippen LogP contribution in [-0.2, 0) is 29.6 Å². The first-order valence-corrected chi connectivity index (χ1v) is 9.28. The van der Waals surface area contributed by atoms with E-state index in [0.717, 1.165) is 0 Å². The largest absolute Gasteiger partial charge is 1.00 e. The fourth-order valence-corrected chi connectivity index (χ4v) is 1.71. The SMILES string of the molecule is C1=C\CC/C=C\CC/1.C1=C\CC/C=C\CC/1.O=S(=O)([O-])C(F)(F)F.[Rh+]. The van der Waals surface area contributed by atoms with Crippen molar-refractivity contribution < 1.29 is 45.6 Å². The van der Waals surface area contributed by atoms with Crippen LogP contribution < -0.4 is 0 Å². The fourth-order valence-electron chi connectivity index (χ4n) is 1.71. The van der Waals surface area contributed by atoms with Gasteiger partial charge in [0.1, 0.15) is 0 Å². The molecule has 0 aromatic heterocycles. The Bertz CT molecular complexity index is 456. The van der Waals surface area contributed by atoms with E-state index in [0.29, 0.717) is 0 Å². The minimum Gasteiger partial charge on any atom is -0.741 e. The molecule has 0 aliphatic heterocycles. The molecular weight excluding hydrogens is 444 g/mol. The first-order valence-electron chi connectivity index (χ1n) is 7.87. The second-order valence-corrected chi connectivity index (χ2v) is 6.47. The fraction of sp³-hybridized carbons (Fsp3) is 0.529. The molecule has 0 saturated heterocycles. The van der Waals surface area contributed by atoms with Gasteiger partial charge in [-0.25, -0.2) is 8.42 Å². The van der Waals surface area contributed by atoms with Crippen LogP contribution in [0.15, 0.2) is 48.6 Å². The smallest absolute Gasteiger partial charge is 0.741 e. The van der Waals surface area contributed by atoms with Gasteiger partial charge in [-0.1, -0.05) is 48.6 Å². The third kappa shape index (κ3) is 17.9. The van der Waals surface area contributed by atoms with Gasteiger partial charge in [0.25, 0.3) is 0 Å². The van der Waals surface area contributed by atoms with Crippen LogP contribution in [0.3, 0.4) is 0 Å². The Labute approximate surface area is 161 Å². The molecule has 8 heteroatoms. The molecule has 25 heavy (non-hydrogen) atoms. The van der Waals surface area contributed by atoms with E-state index in [1.807, 2.05) is 0 Å². The molecule has 0 N–H and O–H groups in total. The van der Waals surface area contributed by atoms with Gasteiger partial charge in [0.05, 0.1) is 0 Å². The third-order valence-electron chi connectivity index (χ3n) is 2.95. The van der Waals surface area contributed by atoms with Crippen molar-refractivity contribution in [3.05, 3.63) is 48.6 Å². The molecule has 3 nitrogen and oxygen atoms in total. The summed E-state index contributed by atoms with van der Waals surface area (Å²) < 4.78 is 58.9. The predicted molar refractivity (Wildman–Crippen MR) is 89.2 cm³/mol. The van der Waals surface area contributed by atoms with Crippen molar-refractivity contribution in [2.24, 2.45) is 0 Å². The van der Waals surface area contributed by atoms with E-state index in [-0.39, 0.29) is 19.5 Å². The Morgan fingerprint density at radius 3 is 0.800 bits per heavy atom. The van der Waals surface area contributed by atoms with E-state index in [1.165, 1.54) is 51.4 Å². The Balaban J connectivity index is 0. The van der Waals surface area contributed by atoms with Crippen molar-refractivity contribution in [2.45, 2.75) is 56.9 Å². The molecule has 0 spiro atoms. The first-order chi connectivity index (χ1) is 11.2. The summed E-state index contributed by atoms with van der Waals surface area (Å²) in [7, 11) is -6.09. The van der Waals surface area contributed by atoms with Crippen molar-refractivity contribution in [3.8, 4) is 0 Å². The van der Waals surface area contributed by atoms with Gasteiger partial charge in [0.15, 0.2) is 10.1 Å². The molecule has 0 bridgehead atoms. The number of allylic oxidation sites excluding steroid dienone is 8. The van der Waals surface area contributed by atoms with Crippen molar-refractivity contribution in [2.75, 3.05) is 0 Å². The Hall–Kier alpha value is -0.717. The summed E-state index contributed by atoms with van der Waals surface area (Å²) in [6, 6.07) is 0. The molecule has 2 aliphatic carbocycles. The number of halogens is 3. The van der Waals surface area contributed by atoms with E-state index in [1.54, 1.807) is 0 Å². The molecule has 0 fully saturated rings. The van der Waals surface area contributed by atoms with Gasteiger partial charge in [-0.3, -0.25) is 0 Å². The first kappa shape index (κ1) is 26.5. The zero-order chi connectivity index (χ0) is 18.3. The van der Waals surface area contributed by atoms with Crippen molar-refractivity contribution in [3.63, 3.8) is 0 Å². The van der Waals surface area contributed by atoms with Crippen LogP contribution in [0.25, 0.3) is 0 Å². The maximum Gasteiger partial charge on any atom is 1.00 e. The zero-order valence-electron chi connectivity index (χ0n) is 13.9. The van der Waals surface area contributed by atoms with Gasteiger partial charge in [0, 0.05) is 0 Å². The van der Waals surface area contributed by atoms with E-state index in [4.69, 9.17) is 13.0 Å².